The average Bonchev–Trinajstić information content (AvgIpc) is 2.47. The Bertz CT molecular complexity index is 280. The minimum atomic E-state index is -0.336. The van der Waals surface area contributed by atoms with Gasteiger partial charge in [0, 0.05) is 32.8 Å². The number of nitrogens with zero attached hydrogens (tertiary/aromatic N) is 1. The molecule has 4 heteroatoms. The van der Waals surface area contributed by atoms with Crippen LogP contribution in [0.2, 0.25) is 0 Å². The molecule has 4 nitrogen and oxygen atoms in total. The second-order valence-corrected chi connectivity index (χ2v) is 5.74. The Kier molecular flexibility index (Phi) is 4.62. The fraction of sp³-hybridized carbons (Fsp3) is 0.929. The van der Waals surface area contributed by atoms with Crippen LogP contribution < -0.4 is 5.73 Å². The lowest BCUT2D eigenvalue weighted by molar-refractivity contribution is -0.148. The molecule has 0 aromatic heterocycles. The van der Waals surface area contributed by atoms with Crippen molar-refractivity contribution in [1.82, 2.24) is 4.90 Å². The fourth-order valence-electron chi connectivity index (χ4n) is 3.15. The summed E-state index contributed by atoms with van der Waals surface area (Å²) in [6.45, 7) is 5.88. The SMILES string of the molecule is CCC1CCN(C(=O)C2(CN)CCOCC2)CC1. The van der Waals surface area contributed by atoms with Crippen molar-refractivity contribution >= 4 is 5.91 Å². The van der Waals surface area contributed by atoms with Crippen LogP contribution in [0.1, 0.15) is 39.0 Å². The molecule has 2 heterocycles. The average molecular weight is 254 g/mol. The number of carbonyl (C=O) groups is 1. The van der Waals surface area contributed by atoms with Crippen molar-refractivity contribution in [3.63, 3.8) is 0 Å². The highest BCUT2D eigenvalue weighted by molar-refractivity contribution is 5.83. The van der Waals surface area contributed by atoms with E-state index in [4.69, 9.17) is 10.5 Å². The second-order valence-electron chi connectivity index (χ2n) is 5.74. The number of piperidine rings is 1. The van der Waals surface area contributed by atoms with E-state index in [0.29, 0.717) is 19.8 Å². The summed E-state index contributed by atoms with van der Waals surface area (Å²) in [6, 6.07) is 0. The van der Waals surface area contributed by atoms with E-state index in [2.05, 4.69) is 6.92 Å². The minimum Gasteiger partial charge on any atom is -0.381 e. The Morgan fingerprint density at radius 3 is 2.44 bits per heavy atom. The fourth-order valence-corrected chi connectivity index (χ4v) is 3.15. The first-order valence-electron chi connectivity index (χ1n) is 7.29. The van der Waals surface area contributed by atoms with Crippen LogP contribution in [0.15, 0.2) is 0 Å². The van der Waals surface area contributed by atoms with E-state index >= 15 is 0 Å². The predicted molar refractivity (Wildman–Crippen MR) is 71.1 cm³/mol. The number of carbonyl (C=O) groups excluding carboxylic acids is 1. The summed E-state index contributed by atoms with van der Waals surface area (Å²) in [5.74, 6) is 1.08. The number of nitrogens with two attached hydrogens (primary N) is 1. The molecule has 0 aromatic rings. The first-order valence-corrected chi connectivity index (χ1v) is 7.29. The van der Waals surface area contributed by atoms with Gasteiger partial charge in [0.1, 0.15) is 0 Å². The van der Waals surface area contributed by atoms with Crippen LogP contribution in [-0.2, 0) is 9.53 Å². The minimum absolute atomic E-state index is 0.280. The zero-order chi connectivity index (χ0) is 13.0. The third-order valence-electron chi connectivity index (χ3n) is 4.77. The summed E-state index contributed by atoms with van der Waals surface area (Å²) in [7, 11) is 0. The molecule has 0 saturated carbocycles. The molecule has 2 fully saturated rings. The molecular formula is C14H26N2O2. The van der Waals surface area contributed by atoms with Gasteiger partial charge in [-0.15, -0.1) is 0 Å². The molecule has 2 saturated heterocycles. The van der Waals surface area contributed by atoms with Gasteiger partial charge in [-0.05, 0) is 31.6 Å². The van der Waals surface area contributed by atoms with Gasteiger partial charge in [-0.1, -0.05) is 13.3 Å². The number of amides is 1. The Labute approximate surface area is 110 Å². The summed E-state index contributed by atoms with van der Waals surface area (Å²) in [4.78, 5) is 14.7. The molecular weight excluding hydrogens is 228 g/mol. The second kappa shape index (κ2) is 6.02. The lowest BCUT2D eigenvalue weighted by Crippen LogP contribution is -2.52. The lowest BCUT2D eigenvalue weighted by atomic mass is 9.78. The quantitative estimate of drug-likeness (QED) is 0.828. The van der Waals surface area contributed by atoms with Gasteiger partial charge in [0.25, 0.3) is 0 Å². The Balaban J connectivity index is 1.97. The van der Waals surface area contributed by atoms with Crippen molar-refractivity contribution < 1.29 is 9.53 Å². The third-order valence-corrected chi connectivity index (χ3v) is 4.77. The van der Waals surface area contributed by atoms with Crippen molar-refractivity contribution in [3.8, 4) is 0 Å². The maximum Gasteiger partial charge on any atom is 0.230 e. The zero-order valence-corrected chi connectivity index (χ0v) is 11.5. The van der Waals surface area contributed by atoms with E-state index in [0.717, 1.165) is 44.7 Å². The Hall–Kier alpha value is -0.610. The van der Waals surface area contributed by atoms with Gasteiger partial charge < -0.3 is 15.4 Å². The Morgan fingerprint density at radius 2 is 1.94 bits per heavy atom. The summed E-state index contributed by atoms with van der Waals surface area (Å²) in [5, 5.41) is 0. The van der Waals surface area contributed by atoms with Gasteiger partial charge in [0.15, 0.2) is 0 Å². The molecule has 0 aromatic carbocycles. The van der Waals surface area contributed by atoms with E-state index in [1.807, 2.05) is 4.90 Å². The van der Waals surface area contributed by atoms with E-state index < -0.39 is 0 Å². The van der Waals surface area contributed by atoms with Gasteiger partial charge in [0.2, 0.25) is 5.91 Å². The standard InChI is InChI=1S/C14H26N2O2/c1-2-12-3-7-16(8-4-12)13(17)14(11-15)5-9-18-10-6-14/h12H,2-11,15H2,1H3. The summed E-state index contributed by atoms with van der Waals surface area (Å²) in [6.07, 6.45) is 5.11. The molecule has 2 N–H and O–H groups in total. The van der Waals surface area contributed by atoms with Crippen LogP contribution >= 0.6 is 0 Å². The molecule has 0 bridgehead atoms. The zero-order valence-electron chi connectivity index (χ0n) is 11.5. The molecule has 104 valence electrons. The van der Waals surface area contributed by atoms with E-state index in [1.54, 1.807) is 0 Å². The first kappa shape index (κ1) is 13.8. The Morgan fingerprint density at radius 1 is 1.33 bits per heavy atom. The molecule has 0 aliphatic carbocycles. The van der Waals surface area contributed by atoms with Crippen LogP contribution in [-0.4, -0.2) is 43.7 Å². The summed E-state index contributed by atoms with van der Waals surface area (Å²) in [5.41, 5.74) is 5.56. The van der Waals surface area contributed by atoms with Gasteiger partial charge in [-0.25, -0.2) is 0 Å². The maximum absolute atomic E-state index is 12.7. The lowest BCUT2D eigenvalue weighted by Gasteiger charge is -2.41. The number of ether oxygens (including phenoxy) is 1. The molecule has 0 atom stereocenters. The molecule has 2 rings (SSSR count). The van der Waals surface area contributed by atoms with Crippen molar-refractivity contribution in [2.75, 3.05) is 32.8 Å². The van der Waals surface area contributed by atoms with Crippen LogP contribution in [0, 0.1) is 11.3 Å². The van der Waals surface area contributed by atoms with Crippen molar-refractivity contribution in [2.24, 2.45) is 17.1 Å². The van der Waals surface area contributed by atoms with Crippen LogP contribution in [0.3, 0.4) is 0 Å². The molecule has 18 heavy (non-hydrogen) atoms. The topological polar surface area (TPSA) is 55.6 Å². The number of likely N-dealkylation sites (tertiary alicyclic amines) is 1. The largest absolute Gasteiger partial charge is 0.381 e. The molecule has 0 unspecified atom stereocenters. The highest BCUT2D eigenvalue weighted by Gasteiger charge is 2.41. The molecule has 0 radical (unpaired) electrons. The number of rotatable bonds is 3. The van der Waals surface area contributed by atoms with E-state index in [-0.39, 0.29) is 11.3 Å². The molecule has 0 spiro atoms. The van der Waals surface area contributed by atoms with Crippen LogP contribution in [0.25, 0.3) is 0 Å². The number of hydrogen-bond acceptors (Lipinski definition) is 3. The summed E-state index contributed by atoms with van der Waals surface area (Å²) >= 11 is 0. The highest BCUT2D eigenvalue weighted by Crippen LogP contribution is 2.33. The third kappa shape index (κ3) is 2.69. The summed E-state index contributed by atoms with van der Waals surface area (Å²) < 4.78 is 5.37. The van der Waals surface area contributed by atoms with Crippen LogP contribution in [0.5, 0.6) is 0 Å². The predicted octanol–water partition coefficient (Wildman–Crippen LogP) is 1.39. The van der Waals surface area contributed by atoms with Gasteiger partial charge in [-0.2, -0.15) is 0 Å². The van der Waals surface area contributed by atoms with Gasteiger partial charge >= 0.3 is 0 Å². The highest BCUT2D eigenvalue weighted by atomic mass is 16.5. The van der Waals surface area contributed by atoms with Gasteiger partial charge in [-0.3, -0.25) is 4.79 Å². The van der Waals surface area contributed by atoms with E-state index in [1.165, 1.54) is 6.42 Å². The molecule has 2 aliphatic rings. The maximum atomic E-state index is 12.7. The number of hydrogen-bond donors (Lipinski definition) is 1. The van der Waals surface area contributed by atoms with Gasteiger partial charge in [0.05, 0.1) is 5.41 Å². The molecule has 2 aliphatic heterocycles. The van der Waals surface area contributed by atoms with Crippen molar-refractivity contribution in [1.29, 1.82) is 0 Å². The van der Waals surface area contributed by atoms with E-state index in [9.17, 15) is 4.79 Å². The molecule has 1 amide bonds. The smallest absolute Gasteiger partial charge is 0.230 e. The normalized spacial score (nSPS) is 25.1. The monoisotopic (exact) mass is 254 g/mol. The van der Waals surface area contributed by atoms with Crippen LogP contribution in [0.4, 0.5) is 0 Å². The van der Waals surface area contributed by atoms with Crippen molar-refractivity contribution in [3.05, 3.63) is 0 Å². The van der Waals surface area contributed by atoms with Crippen molar-refractivity contribution in [2.45, 2.75) is 39.0 Å². The first-order chi connectivity index (χ1) is 8.72.